The van der Waals surface area contributed by atoms with E-state index in [1.54, 1.807) is 11.3 Å². The summed E-state index contributed by atoms with van der Waals surface area (Å²) < 4.78 is 0. The van der Waals surface area contributed by atoms with Gasteiger partial charge in [-0.25, -0.2) is 4.98 Å². The van der Waals surface area contributed by atoms with E-state index < -0.39 is 0 Å². The number of guanidine groups is 1. The molecule has 2 heterocycles. The highest BCUT2D eigenvalue weighted by atomic mass is 32.1. The average molecular weight is 394 g/mol. The summed E-state index contributed by atoms with van der Waals surface area (Å²) in [4.78, 5) is 15.0. The van der Waals surface area contributed by atoms with Crippen molar-refractivity contribution in [3.8, 4) is 0 Å². The Hall–Kier alpha value is -2.44. The Morgan fingerprint density at radius 1 is 1.11 bits per heavy atom. The number of rotatable bonds is 4. The Bertz CT molecular complexity index is 951. The van der Waals surface area contributed by atoms with E-state index in [1.807, 2.05) is 13.2 Å². The SMILES string of the molecule is CN=C(NCc1ncc(C)s1)N1CCN(Cc2cccc3ccccc23)CC1. The fourth-order valence-electron chi connectivity index (χ4n) is 3.76. The van der Waals surface area contributed by atoms with Crippen LogP contribution in [0.1, 0.15) is 15.4 Å². The molecule has 0 atom stereocenters. The summed E-state index contributed by atoms with van der Waals surface area (Å²) >= 11 is 1.73. The van der Waals surface area contributed by atoms with Crippen molar-refractivity contribution in [2.45, 2.75) is 20.0 Å². The molecule has 0 aliphatic carbocycles. The maximum atomic E-state index is 4.47. The topological polar surface area (TPSA) is 43.8 Å². The van der Waals surface area contributed by atoms with Gasteiger partial charge >= 0.3 is 0 Å². The van der Waals surface area contributed by atoms with Crippen molar-refractivity contribution in [2.75, 3.05) is 33.2 Å². The lowest BCUT2D eigenvalue weighted by atomic mass is 10.0. The van der Waals surface area contributed by atoms with Gasteiger partial charge in [0.15, 0.2) is 5.96 Å². The first kappa shape index (κ1) is 18.9. The first-order valence-electron chi connectivity index (χ1n) is 9.79. The van der Waals surface area contributed by atoms with E-state index >= 15 is 0 Å². The Balaban J connectivity index is 1.33. The number of piperazine rings is 1. The summed E-state index contributed by atoms with van der Waals surface area (Å²) in [6.45, 7) is 7.88. The van der Waals surface area contributed by atoms with Crippen molar-refractivity contribution in [1.82, 2.24) is 20.1 Å². The highest BCUT2D eigenvalue weighted by Gasteiger charge is 2.20. The standard InChI is InChI=1S/C22H27N5S/c1-17-14-24-21(28-17)15-25-22(23-2)27-12-10-26(11-13-27)16-19-8-5-7-18-6-3-4-9-20(18)19/h3-9,14H,10-13,15-16H2,1-2H3,(H,23,25). The monoisotopic (exact) mass is 393 g/mol. The number of benzene rings is 2. The molecule has 2 aromatic carbocycles. The number of hydrogen-bond donors (Lipinski definition) is 1. The maximum Gasteiger partial charge on any atom is 0.194 e. The van der Waals surface area contributed by atoms with Crippen molar-refractivity contribution in [3.05, 3.63) is 64.1 Å². The minimum atomic E-state index is 0.737. The number of thiazole rings is 1. The van der Waals surface area contributed by atoms with Crippen molar-refractivity contribution < 1.29 is 0 Å². The van der Waals surface area contributed by atoms with Gasteiger partial charge < -0.3 is 10.2 Å². The molecule has 1 N–H and O–H groups in total. The largest absolute Gasteiger partial charge is 0.350 e. The van der Waals surface area contributed by atoms with Crippen LogP contribution >= 0.6 is 11.3 Å². The number of aromatic nitrogens is 1. The van der Waals surface area contributed by atoms with E-state index in [0.29, 0.717) is 0 Å². The predicted molar refractivity (Wildman–Crippen MR) is 118 cm³/mol. The summed E-state index contributed by atoms with van der Waals surface area (Å²) in [6, 6.07) is 15.3. The lowest BCUT2D eigenvalue weighted by molar-refractivity contribution is 0.173. The molecular formula is C22H27N5S. The van der Waals surface area contributed by atoms with Crippen LogP contribution in [-0.4, -0.2) is 54.0 Å². The Labute approximate surface area is 170 Å². The van der Waals surface area contributed by atoms with Gasteiger partial charge in [0.05, 0.1) is 6.54 Å². The Morgan fingerprint density at radius 3 is 2.64 bits per heavy atom. The second kappa shape index (κ2) is 8.71. The number of hydrogen-bond acceptors (Lipinski definition) is 4. The third-order valence-corrected chi connectivity index (χ3v) is 6.14. The van der Waals surface area contributed by atoms with Crippen LogP contribution in [0, 0.1) is 6.92 Å². The van der Waals surface area contributed by atoms with Crippen LogP contribution in [0.2, 0.25) is 0 Å². The van der Waals surface area contributed by atoms with Crippen LogP contribution in [0.25, 0.3) is 10.8 Å². The summed E-state index contributed by atoms with van der Waals surface area (Å²) in [5, 5.41) is 7.25. The highest BCUT2D eigenvalue weighted by Crippen LogP contribution is 2.20. The molecule has 1 aliphatic heterocycles. The molecular weight excluding hydrogens is 366 g/mol. The van der Waals surface area contributed by atoms with Gasteiger partial charge in [0.2, 0.25) is 0 Å². The molecule has 0 bridgehead atoms. The number of nitrogens with zero attached hydrogens (tertiary/aromatic N) is 4. The van der Waals surface area contributed by atoms with Crippen molar-refractivity contribution in [2.24, 2.45) is 4.99 Å². The summed E-state index contributed by atoms with van der Waals surface area (Å²) in [5.74, 6) is 0.970. The first-order valence-corrected chi connectivity index (χ1v) is 10.6. The number of aliphatic imine (C=N–C) groups is 1. The molecule has 5 nitrogen and oxygen atoms in total. The lowest BCUT2D eigenvalue weighted by Gasteiger charge is -2.36. The van der Waals surface area contributed by atoms with E-state index in [4.69, 9.17) is 0 Å². The summed E-state index contributed by atoms with van der Waals surface area (Å²) in [7, 11) is 1.86. The molecule has 4 rings (SSSR count). The van der Waals surface area contributed by atoms with Gasteiger partial charge in [-0.2, -0.15) is 0 Å². The van der Waals surface area contributed by atoms with Crippen molar-refractivity contribution >= 4 is 28.1 Å². The highest BCUT2D eigenvalue weighted by molar-refractivity contribution is 7.11. The molecule has 28 heavy (non-hydrogen) atoms. The van der Waals surface area contributed by atoms with Gasteiger partial charge in [0.1, 0.15) is 5.01 Å². The van der Waals surface area contributed by atoms with Gasteiger partial charge in [-0.05, 0) is 23.3 Å². The van der Waals surface area contributed by atoms with Crippen molar-refractivity contribution in [1.29, 1.82) is 0 Å². The fourth-order valence-corrected chi connectivity index (χ4v) is 4.49. The van der Waals surface area contributed by atoms with E-state index in [1.165, 1.54) is 21.2 Å². The normalized spacial score (nSPS) is 15.9. The van der Waals surface area contributed by atoms with E-state index in [9.17, 15) is 0 Å². The van der Waals surface area contributed by atoms with Crippen LogP contribution in [0.3, 0.4) is 0 Å². The molecule has 6 heteroatoms. The second-order valence-corrected chi connectivity index (χ2v) is 8.49. The maximum absolute atomic E-state index is 4.47. The smallest absolute Gasteiger partial charge is 0.194 e. The molecule has 0 unspecified atom stereocenters. The molecule has 0 saturated carbocycles. The first-order chi connectivity index (χ1) is 13.7. The van der Waals surface area contributed by atoms with Crippen LogP contribution < -0.4 is 5.32 Å². The molecule has 0 amide bonds. The molecule has 0 spiro atoms. The molecule has 1 aliphatic rings. The number of aryl methyl sites for hydroxylation is 1. The Morgan fingerprint density at radius 2 is 1.89 bits per heavy atom. The van der Waals surface area contributed by atoms with E-state index in [2.05, 4.69) is 74.5 Å². The average Bonchev–Trinajstić information content (AvgIpc) is 3.15. The molecule has 1 fully saturated rings. The number of fused-ring (bicyclic) bond motifs is 1. The summed E-state index contributed by atoms with van der Waals surface area (Å²) in [6.07, 6.45) is 1.93. The minimum absolute atomic E-state index is 0.737. The van der Waals surface area contributed by atoms with Gasteiger partial charge in [0.25, 0.3) is 0 Å². The molecule has 0 radical (unpaired) electrons. The van der Waals surface area contributed by atoms with Gasteiger partial charge in [-0.15, -0.1) is 11.3 Å². The second-order valence-electron chi connectivity index (χ2n) is 7.17. The predicted octanol–water partition coefficient (Wildman–Crippen LogP) is 3.50. The third-order valence-electron chi connectivity index (χ3n) is 5.22. The fraction of sp³-hybridized carbons (Fsp3) is 0.364. The van der Waals surface area contributed by atoms with Crippen LogP contribution in [-0.2, 0) is 13.1 Å². The molecule has 1 aromatic heterocycles. The minimum Gasteiger partial charge on any atom is -0.350 e. The Kier molecular flexibility index (Phi) is 5.88. The van der Waals surface area contributed by atoms with E-state index in [0.717, 1.165) is 50.2 Å². The number of nitrogens with one attached hydrogen (secondary N) is 1. The summed E-state index contributed by atoms with van der Waals surface area (Å²) in [5.41, 5.74) is 1.41. The molecule has 1 saturated heterocycles. The zero-order chi connectivity index (χ0) is 19.3. The van der Waals surface area contributed by atoms with Crippen molar-refractivity contribution in [3.63, 3.8) is 0 Å². The lowest BCUT2D eigenvalue weighted by Crippen LogP contribution is -2.52. The zero-order valence-corrected chi connectivity index (χ0v) is 17.4. The quantitative estimate of drug-likeness (QED) is 0.544. The van der Waals surface area contributed by atoms with E-state index in [-0.39, 0.29) is 0 Å². The van der Waals surface area contributed by atoms with Crippen LogP contribution in [0.15, 0.2) is 53.7 Å². The zero-order valence-electron chi connectivity index (χ0n) is 16.6. The third kappa shape index (κ3) is 4.34. The van der Waals surface area contributed by atoms with Gasteiger partial charge in [-0.1, -0.05) is 42.5 Å². The molecule has 3 aromatic rings. The van der Waals surface area contributed by atoms with Gasteiger partial charge in [-0.3, -0.25) is 9.89 Å². The van der Waals surface area contributed by atoms with Gasteiger partial charge in [0, 0.05) is 50.8 Å². The molecule has 146 valence electrons. The van der Waals surface area contributed by atoms with Crippen LogP contribution in [0.4, 0.5) is 0 Å². The van der Waals surface area contributed by atoms with Crippen LogP contribution in [0.5, 0.6) is 0 Å².